The van der Waals surface area contributed by atoms with E-state index in [1.165, 1.54) is 13.1 Å². The second-order valence-electron chi connectivity index (χ2n) is 6.20. The molecule has 0 aliphatic heterocycles. The first-order chi connectivity index (χ1) is 14.4. The summed E-state index contributed by atoms with van der Waals surface area (Å²) in [4.78, 5) is 12.8. The van der Waals surface area contributed by atoms with Crippen LogP contribution in [-0.2, 0) is 10.0 Å². The van der Waals surface area contributed by atoms with E-state index in [4.69, 9.17) is 9.47 Å². The molecule has 0 atom stereocenters. The zero-order valence-electron chi connectivity index (χ0n) is 16.8. The Morgan fingerprint density at radius 2 is 1.67 bits per heavy atom. The van der Waals surface area contributed by atoms with Gasteiger partial charge in [-0.25, -0.2) is 8.42 Å². The minimum Gasteiger partial charge on any atom is -0.497 e. The lowest BCUT2D eigenvalue weighted by molar-refractivity contribution is 0.102. The first-order valence-electron chi connectivity index (χ1n) is 9.11. The quantitative estimate of drug-likeness (QED) is 0.560. The Morgan fingerprint density at radius 3 is 2.27 bits per heavy atom. The summed E-state index contributed by atoms with van der Waals surface area (Å²) in [5.74, 6) is 0.820. The summed E-state index contributed by atoms with van der Waals surface area (Å²) in [5, 5.41) is 4.31. The molecule has 0 bridgehead atoms. The van der Waals surface area contributed by atoms with Gasteiger partial charge in [-0.2, -0.15) is 0 Å². The lowest BCUT2D eigenvalue weighted by Crippen LogP contribution is -2.28. The van der Waals surface area contributed by atoms with E-state index in [0.717, 1.165) is 15.6 Å². The van der Waals surface area contributed by atoms with Crippen LogP contribution < -0.4 is 19.1 Å². The highest BCUT2D eigenvalue weighted by Gasteiger charge is 2.28. The summed E-state index contributed by atoms with van der Waals surface area (Å²) < 4.78 is 38.0. The van der Waals surface area contributed by atoms with Crippen LogP contribution in [-0.4, -0.2) is 35.1 Å². The van der Waals surface area contributed by atoms with E-state index in [1.807, 2.05) is 6.92 Å². The average molecular weight is 447 g/mol. The fourth-order valence-electron chi connectivity index (χ4n) is 2.73. The van der Waals surface area contributed by atoms with E-state index in [1.54, 1.807) is 61.0 Å². The van der Waals surface area contributed by atoms with E-state index in [0.29, 0.717) is 29.5 Å². The number of methoxy groups -OCH3 is 1. The number of benzene rings is 2. The van der Waals surface area contributed by atoms with Crippen molar-refractivity contribution in [1.82, 2.24) is 0 Å². The second-order valence-corrected chi connectivity index (χ2v) is 9.05. The lowest BCUT2D eigenvalue weighted by Gasteiger charge is -2.20. The van der Waals surface area contributed by atoms with Crippen molar-refractivity contribution in [1.29, 1.82) is 0 Å². The molecule has 1 N–H and O–H groups in total. The van der Waals surface area contributed by atoms with Crippen molar-refractivity contribution in [2.24, 2.45) is 0 Å². The third-order valence-corrected chi connectivity index (χ3v) is 7.20. The highest BCUT2D eigenvalue weighted by Crippen LogP contribution is 2.29. The molecule has 1 amide bonds. The maximum Gasteiger partial charge on any atom is 0.267 e. The van der Waals surface area contributed by atoms with E-state index in [2.05, 4.69) is 5.32 Å². The second kappa shape index (κ2) is 9.19. The maximum absolute atomic E-state index is 13.2. The summed E-state index contributed by atoms with van der Waals surface area (Å²) in [5.41, 5.74) is 1.00. The Morgan fingerprint density at radius 1 is 1.03 bits per heavy atom. The van der Waals surface area contributed by atoms with Crippen molar-refractivity contribution in [2.45, 2.75) is 11.8 Å². The molecule has 3 aromatic rings. The van der Waals surface area contributed by atoms with Gasteiger partial charge in [0.1, 0.15) is 21.3 Å². The SMILES string of the molecule is CCOc1ccc(N(C)S(=O)(=O)c2ccsc2C(=O)Nc2ccc(OC)cc2)cc1. The number of nitrogens with zero attached hydrogens (tertiary/aromatic N) is 1. The van der Waals surface area contributed by atoms with Crippen LogP contribution in [0.15, 0.2) is 64.9 Å². The van der Waals surface area contributed by atoms with Crippen molar-refractivity contribution in [3.63, 3.8) is 0 Å². The van der Waals surface area contributed by atoms with E-state index in [9.17, 15) is 13.2 Å². The third kappa shape index (κ3) is 4.58. The largest absolute Gasteiger partial charge is 0.497 e. The van der Waals surface area contributed by atoms with Gasteiger partial charge in [-0.1, -0.05) is 0 Å². The van der Waals surface area contributed by atoms with Gasteiger partial charge in [0.05, 0.1) is 19.4 Å². The molecule has 2 aromatic carbocycles. The number of anilines is 2. The van der Waals surface area contributed by atoms with Crippen LogP contribution in [0.2, 0.25) is 0 Å². The first-order valence-corrected chi connectivity index (χ1v) is 11.4. The molecule has 1 heterocycles. The van der Waals surface area contributed by atoms with Crippen LogP contribution in [0, 0.1) is 0 Å². The number of hydrogen-bond acceptors (Lipinski definition) is 6. The van der Waals surface area contributed by atoms with Crippen LogP contribution in [0.4, 0.5) is 11.4 Å². The van der Waals surface area contributed by atoms with Crippen LogP contribution in [0.1, 0.15) is 16.6 Å². The highest BCUT2D eigenvalue weighted by molar-refractivity contribution is 7.93. The third-order valence-electron chi connectivity index (χ3n) is 4.33. The van der Waals surface area contributed by atoms with Crippen molar-refractivity contribution in [3.05, 3.63) is 64.9 Å². The van der Waals surface area contributed by atoms with Gasteiger partial charge >= 0.3 is 0 Å². The van der Waals surface area contributed by atoms with Crippen molar-refractivity contribution < 1.29 is 22.7 Å². The smallest absolute Gasteiger partial charge is 0.267 e. The average Bonchev–Trinajstić information content (AvgIpc) is 3.26. The van der Waals surface area contributed by atoms with Crippen molar-refractivity contribution in [3.8, 4) is 11.5 Å². The summed E-state index contributed by atoms with van der Waals surface area (Å²) in [6, 6.07) is 15.0. The van der Waals surface area contributed by atoms with Crippen LogP contribution in [0.25, 0.3) is 0 Å². The summed E-state index contributed by atoms with van der Waals surface area (Å²) in [6.07, 6.45) is 0. The molecule has 3 rings (SSSR count). The Hall–Kier alpha value is -3.04. The van der Waals surface area contributed by atoms with Gasteiger partial charge < -0.3 is 14.8 Å². The van der Waals surface area contributed by atoms with Gasteiger partial charge in [-0.3, -0.25) is 9.10 Å². The first kappa shape index (κ1) is 21.7. The van der Waals surface area contributed by atoms with E-state index >= 15 is 0 Å². The molecule has 1 aromatic heterocycles. The number of ether oxygens (including phenoxy) is 2. The number of sulfonamides is 1. The number of nitrogens with one attached hydrogen (secondary N) is 1. The minimum atomic E-state index is -3.93. The summed E-state index contributed by atoms with van der Waals surface area (Å²) in [6.45, 7) is 2.40. The molecule has 30 heavy (non-hydrogen) atoms. The molecule has 0 spiro atoms. The van der Waals surface area contributed by atoms with Gasteiger partial charge in [0.15, 0.2) is 0 Å². The molecule has 0 radical (unpaired) electrons. The maximum atomic E-state index is 13.2. The van der Waals surface area contributed by atoms with Gasteiger partial charge in [0.2, 0.25) is 0 Å². The van der Waals surface area contributed by atoms with Crippen molar-refractivity contribution >= 4 is 38.6 Å². The Labute approximate surface area is 179 Å². The Balaban J connectivity index is 1.83. The van der Waals surface area contributed by atoms with Gasteiger partial charge in [-0.15, -0.1) is 11.3 Å². The normalized spacial score (nSPS) is 11.0. The van der Waals surface area contributed by atoms with E-state index < -0.39 is 15.9 Å². The molecular formula is C21H22N2O5S2. The monoisotopic (exact) mass is 446 g/mol. The molecule has 0 aliphatic carbocycles. The summed E-state index contributed by atoms with van der Waals surface area (Å²) >= 11 is 1.07. The molecular weight excluding hydrogens is 424 g/mol. The number of thiophene rings is 1. The molecule has 0 saturated heterocycles. The molecule has 0 aliphatic rings. The number of rotatable bonds is 8. The minimum absolute atomic E-state index is 0.0464. The predicted molar refractivity (Wildman–Crippen MR) is 118 cm³/mol. The Kier molecular flexibility index (Phi) is 6.63. The highest BCUT2D eigenvalue weighted by atomic mass is 32.2. The molecule has 7 nitrogen and oxygen atoms in total. The number of carbonyl (C=O) groups is 1. The van der Waals surface area contributed by atoms with Crippen molar-refractivity contribution in [2.75, 3.05) is 30.4 Å². The summed E-state index contributed by atoms with van der Waals surface area (Å²) in [7, 11) is -0.925. The molecule has 9 heteroatoms. The predicted octanol–water partition coefficient (Wildman–Crippen LogP) is 4.23. The Bertz CT molecular complexity index is 1110. The number of carbonyl (C=O) groups excluding carboxylic acids is 1. The van der Waals surface area contributed by atoms with Crippen LogP contribution in [0.3, 0.4) is 0 Å². The standard InChI is InChI=1S/C21H22N2O5S2/c1-4-28-18-11-7-16(8-12-18)23(2)30(25,26)19-13-14-29-20(19)21(24)22-15-5-9-17(27-3)10-6-15/h5-14H,4H2,1-3H3,(H,22,24). The van der Waals surface area contributed by atoms with Crippen LogP contribution >= 0.6 is 11.3 Å². The zero-order chi connectivity index (χ0) is 21.7. The zero-order valence-corrected chi connectivity index (χ0v) is 18.4. The molecule has 158 valence electrons. The molecule has 0 fully saturated rings. The van der Waals surface area contributed by atoms with Gasteiger partial charge in [0.25, 0.3) is 15.9 Å². The van der Waals surface area contributed by atoms with Crippen LogP contribution in [0.5, 0.6) is 11.5 Å². The van der Waals surface area contributed by atoms with E-state index in [-0.39, 0.29) is 9.77 Å². The van der Waals surface area contributed by atoms with Gasteiger partial charge in [-0.05, 0) is 66.9 Å². The topological polar surface area (TPSA) is 84.9 Å². The lowest BCUT2D eigenvalue weighted by atomic mass is 10.3. The van der Waals surface area contributed by atoms with Gasteiger partial charge in [0, 0.05) is 12.7 Å². The molecule has 0 saturated carbocycles. The fourth-order valence-corrected chi connectivity index (χ4v) is 5.22. The molecule has 0 unspecified atom stereocenters. The number of hydrogen-bond donors (Lipinski definition) is 1. The number of amides is 1. The fraction of sp³-hybridized carbons (Fsp3) is 0.190.